The van der Waals surface area contributed by atoms with Gasteiger partial charge < -0.3 is 14.0 Å². The number of rotatable bonds is 8. The number of methoxy groups -OCH3 is 1. The Labute approximate surface area is 191 Å². The SMILES string of the molecule is C=CCn1c2ccccc2n2nc(C)c(C(=O)C=Cc3cc(Cl)c(OC)c(OCC)c3)c12. The van der Waals surface area contributed by atoms with Gasteiger partial charge in [-0.05, 0) is 49.8 Å². The van der Waals surface area contributed by atoms with Crippen LogP contribution in [0, 0.1) is 6.92 Å². The van der Waals surface area contributed by atoms with E-state index in [1.807, 2.05) is 48.7 Å². The average Bonchev–Trinajstić information content (AvgIpc) is 3.26. The zero-order valence-electron chi connectivity index (χ0n) is 18.3. The van der Waals surface area contributed by atoms with E-state index in [9.17, 15) is 4.79 Å². The van der Waals surface area contributed by atoms with E-state index in [4.69, 9.17) is 21.1 Å². The maximum atomic E-state index is 13.3. The summed E-state index contributed by atoms with van der Waals surface area (Å²) in [6.07, 6.45) is 5.07. The number of para-hydroxylation sites is 2. The number of hydrogen-bond acceptors (Lipinski definition) is 4. The molecule has 0 aliphatic heterocycles. The van der Waals surface area contributed by atoms with Gasteiger partial charge >= 0.3 is 0 Å². The highest BCUT2D eigenvalue weighted by atomic mass is 35.5. The first-order valence-corrected chi connectivity index (χ1v) is 10.7. The van der Waals surface area contributed by atoms with Crippen LogP contribution < -0.4 is 9.47 Å². The number of fused-ring (bicyclic) bond motifs is 3. The quantitative estimate of drug-likeness (QED) is 0.195. The largest absolute Gasteiger partial charge is 0.491 e. The smallest absolute Gasteiger partial charge is 0.191 e. The lowest BCUT2D eigenvalue weighted by atomic mass is 10.1. The molecule has 0 aliphatic rings. The second kappa shape index (κ2) is 8.93. The van der Waals surface area contributed by atoms with E-state index in [0.717, 1.165) is 22.2 Å². The zero-order chi connectivity index (χ0) is 22.8. The fraction of sp³-hybridized carbons (Fsp3) is 0.200. The number of carbonyl (C=O) groups excluding carboxylic acids is 1. The van der Waals surface area contributed by atoms with Crippen molar-refractivity contribution in [1.29, 1.82) is 0 Å². The minimum Gasteiger partial charge on any atom is -0.491 e. The number of halogens is 1. The van der Waals surface area contributed by atoms with Crippen molar-refractivity contribution in [1.82, 2.24) is 14.2 Å². The number of ketones is 1. The lowest BCUT2D eigenvalue weighted by molar-refractivity contribution is 0.104. The van der Waals surface area contributed by atoms with Gasteiger partial charge in [-0.1, -0.05) is 35.9 Å². The molecule has 0 spiro atoms. The topological polar surface area (TPSA) is 57.8 Å². The number of aryl methyl sites for hydroxylation is 1. The Hall–Kier alpha value is -3.51. The number of imidazole rings is 1. The Balaban J connectivity index is 1.79. The van der Waals surface area contributed by atoms with Crippen molar-refractivity contribution < 1.29 is 14.3 Å². The Morgan fingerprint density at radius 3 is 2.69 bits per heavy atom. The summed E-state index contributed by atoms with van der Waals surface area (Å²) in [5.41, 5.74) is 4.65. The fourth-order valence-electron chi connectivity index (χ4n) is 3.92. The van der Waals surface area contributed by atoms with Gasteiger partial charge in [0.05, 0.1) is 41.0 Å². The highest BCUT2D eigenvalue weighted by Gasteiger charge is 2.22. The van der Waals surface area contributed by atoms with Gasteiger partial charge in [-0.25, -0.2) is 4.52 Å². The Bertz CT molecular complexity index is 1360. The predicted octanol–water partition coefficient (Wildman–Crippen LogP) is 5.74. The van der Waals surface area contributed by atoms with Crippen LogP contribution in [0.25, 0.3) is 22.8 Å². The third-order valence-corrected chi connectivity index (χ3v) is 5.49. The maximum Gasteiger partial charge on any atom is 0.191 e. The van der Waals surface area contributed by atoms with E-state index in [1.165, 1.54) is 6.08 Å². The highest BCUT2D eigenvalue weighted by Crippen LogP contribution is 2.36. The van der Waals surface area contributed by atoms with Crippen LogP contribution in [0.5, 0.6) is 11.5 Å². The maximum absolute atomic E-state index is 13.3. The Morgan fingerprint density at radius 2 is 2.00 bits per heavy atom. The van der Waals surface area contributed by atoms with Crippen molar-refractivity contribution in [2.45, 2.75) is 20.4 Å². The van der Waals surface area contributed by atoms with Crippen molar-refractivity contribution in [3.63, 3.8) is 0 Å². The molecule has 0 saturated heterocycles. The number of hydrogen-bond donors (Lipinski definition) is 0. The van der Waals surface area contributed by atoms with Gasteiger partial charge in [0, 0.05) is 6.54 Å². The molecule has 7 heteroatoms. The molecule has 0 N–H and O–H groups in total. The molecule has 2 aromatic carbocycles. The molecule has 2 heterocycles. The predicted molar refractivity (Wildman–Crippen MR) is 128 cm³/mol. The molecule has 0 aliphatic carbocycles. The highest BCUT2D eigenvalue weighted by molar-refractivity contribution is 6.32. The number of carbonyl (C=O) groups is 1. The summed E-state index contributed by atoms with van der Waals surface area (Å²) >= 11 is 6.34. The van der Waals surface area contributed by atoms with Crippen LogP contribution in [0.4, 0.5) is 0 Å². The summed E-state index contributed by atoms with van der Waals surface area (Å²) in [6.45, 7) is 8.64. The molecule has 2 aromatic heterocycles. The fourth-order valence-corrected chi connectivity index (χ4v) is 4.22. The van der Waals surface area contributed by atoms with Crippen LogP contribution in [0.2, 0.25) is 5.02 Å². The lowest BCUT2D eigenvalue weighted by Crippen LogP contribution is -2.02. The third-order valence-electron chi connectivity index (χ3n) is 5.21. The molecule has 0 bridgehead atoms. The minimum absolute atomic E-state index is 0.143. The van der Waals surface area contributed by atoms with Crippen molar-refractivity contribution in [2.24, 2.45) is 0 Å². The summed E-state index contributed by atoms with van der Waals surface area (Å²) in [5, 5.41) is 5.06. The number of benzene rings is 2. The van der Waals surface area contributed by atoms with E-state index < -0.39 is 0 Å². The van der Waals surface area contributed by atoms with Crippen LogP contribution in [-0.4, -0.2) is 33.7 Å². The van der Waals surface area contributed by atoms with Crippen LogP contribution in [0.15, 0.2) is 55.1 Å². The van der Waals surface area contributed by atoms with E-state index in [-0.39, 0.29) is 5.78 Å². The van der Waals surface area contributed by atoms with E-state index in [2.05, 4.69) is 16.2 Å². The molecule has 0 saturated carbocycles. The zero-order valence-corrected chi connectivity index (χ0v) is 19.0. The molecule has 4 rings (SSSR count). The first-order chi connectivity index (χ1) is 15.5. The second-order valence-corrected chi connectivity index (χ2v) is 7.66. The van der Waals surface area contributed by atoms with Gasteiger partial charge in [-0.3, -0.25) is 4.79 Å². The Kier molecular flexibility index (Phi) is 6.06. The standard InChI is InChI=1S/C25H24ClN3O3/c1-5-13-28-19-9-7-8-10-20(19)29-25(28)23(16(3)27-29)21(30)12-11-17-14-18(26)24(31-4)22(15-17)32-6-2/h5,7-12,14-15H,1,6,13H2,2-4H3. The number of allylic oxidation sites excluding steroid dienone is 2. The van der Waals surface area contributed by atoms with E-state index >= 15 is 0 Å². The lowest BCUT2D eigenvalue weighted by Gasteiger charge is -2.11. The van der Waals surface area contributed by atoms with Gasteiger partial charge in [0.15, 0.2) is 17.3 Å². The van der Waals surface area contributed by atoms with E-state index in [0.29, 0.717) is 40.9 Å². The number of ether oxygens (including phenoxy) is 2. The molecule has 0 radical (unpaired) electrons. The monoisotopic (exact) mass is 449 g/mol. The molecular weight excluding hydrogens is 426 g/mol. The molecule has 4 aromatic rings. The molecular formula is C25H24ClN3O3. The summed E-state index contributed by atoms with van der Waals surface area (Å²) in [5.74, 6) is 0.862. The summed E-state index contributed by atoms with van der Waals surface area (Å²) in [6, 6.07) is 11.5. The van der Waals surface area contributed by atoms with Gasteiger partial charge in [0.25, 0.3) is 0 Å². The second-order valence-electron chi connectivity index (χ2n) is 7.25. The first kappa shape index (κ1) is 21.7. The van der Waals surface area contributed by atoms with Crippen molar-refractivity contribution in [2.75, 3.05) is 13.7 Å². The van der Waals surface area contributed by atoms with Gasteiger partial charge in [0.2, 0.25) is 0 Å². The van der Waals surface area contributed by atoms with E-state index in [1.54, 1.807) is 25.3 Å². The van der Waals surface area contributed by atoms with Crippen LogP contribution in [0.1, 0.15) is 28.5 Å². The van der Waals surface area contributed by atoms with Crippen LogP contribution >= 0.6 is 11.6 Å². The molecule has 0 amide bonds. The molecule has 0 atom stereocenters. The van der Waals surface area contributed by atoms with Crippen molar-refractivity contribution in [3.05, 3.63) is 77.0 Å². The third kappa shape index (κ3) is 3.67. The molecule has 6 nitrogen and oxygen atoms in total. The van der Waals surface area contributed by atoms with Crippen LogP contribution in [-0.2, 0) is 6.54 Å². The summed E-state index contributed by atoms with van der Waals surface area (Å²) < 4.78 is 14.8. The molecule has 164 valence electrons. The Morgan fingerprint density at radius 1 is 1.25 bits per heavy atom. The summed E-state index contributed by atoms with van der Waals surface area (Å²) in [7, 11) is 1.54. The van der Waals surface area contributed by atoms with Gasteiger partial charge in [0.1, 0.15) is 5.65 Å². The molecule has 32 heavy (non-hydrogen) atoms. The molecule has 0 fully saturated rings. The minimum atomic E-state index is -0.143. The van der Waals surface area contributed by atoms with Gasteiger partial charge in [-0.15, -0.1) is 6.58 Å². The number of aromatic nitrogens is 3. The van der Waals surface area contributed by atoms with Crippen molar-refractivity contribution in [3.8, 4) is 11.5 Å². The summed E-state index contributed by atoms with van der Waals surface area (Å²) in [4.78, 5) is 13.3. The van der Waals surface area contributed by atoms with Gasteiger partial charge in [-0.2, -0.15) is 5.10 Å². The van der Waals surface area contributed by atoms with Crippen molar-refractivity contribution >= 4 is 40.1 Å². The van der Waals surface area contributed by atoms with Crippen LogP contribution in [0.3, 0.4) is 0 Å². The normalized spacial score (nSPS) is 11.5. The molecule has 0 unspecified atom stereocenters. The average molecular weight is 450 g/mol. The number of nitrogens with zero attached hydrogens (tertiary/aromatic N) is 3. The first-order valence-electron chi connectivity index (χ1n) is 10.3.